The lowest BCUT2D eigenvalue weighted by molar-refractivity contribution is 0.101. The number of fused-ring (bicyclic) bond motifs is 1. The second kappa shape index (κ2) is 9.71. The van der Waals surface area contributed by atoms with Crippen LogP contribution in [0.4, 0.5) is 5.82 Å². The van der Waals surface area contributed by atoms with Gasteiger partial charge in [0.15, 0.2) is 11.3 Å². The highest BCUT2D eigenvalue weighted by molar-refractivity contribution is 6.35. The first kappa shape index (κ1) is 23.4. The van der Waals surface area contributed by atoms with Crippen molar-refractivity contribution in [1.29, 1.82) is 0 Å². The second-order valence-electron chi connectivity index (χ2n) is 9.27. The second-order valence-corrected chi connectivity index (χ2v) is 10.1. The molecule has 1 aromatic carbocycles. The molecule has 0 radical (unpaired) electrons. The van der Waals surface area contributed by atoms with Crippen molar-refractivity contribution in [3.8, 4) is 12.3 Å². The maximum Gasteiger partial charge on any atom is 0.180 e. The first-order valence-electron chi connectivity index (χ1n) is 11.7. The van der Waals surface area contributed by atoms with Gasteiger partial charge in [-0.15, -0.1) is 6.42 Å². The van der Waals surface area contributed by atoms with Gasteiger partial charge in [0.2, 0.25) is 0 Å². The van der Waals surface area contributed by atoms with Crippen LogP contribution in [-0.4, -0.2) is 69.1 Å². The Morgan fingerprint density at radius 3 is 2.79 bits per heavy atom. The summed E-state index contributed by atoms with van der Waals surface area (Å²) in [5, 5.41) is 15.1. The Bertz CT molecular complexity index is 1230. The van der Waals surface area contributed by atoms with E-state index in [4.69, 9.17) is 34.6 Å². The molecule has 0 unspecified atom stereocenters. The summed E-state index contributed by atoms with van der Waals surface area (Å²) >= 11 is 12.6. The van der Waals surface area contributed by atoms with Crippen LogP contribution < -0.4 is 4.90 Å². The van der Waals surface area contributed by atoms with Gasteiger partial charge in [-0.2, -0.15) is 5.10 Å². The third-order valence-electron chi connectivity index (χ3n) is 7.17. The number of aromatic nitrogens is 4. The van der Waals surface area contributed by atoms with Crippen molar-refractivity contribution >= 4 is 40.2 Å². The SMILES string of the molecule is C#Cc1nn([C@@H](C)c2ccc(Cl)cc2Cl)c2nc(N3CC([C@H]4CCCN(CCO)C4)C3)cnc12. The number of anilines is 1. The summed E-state index contributed by atoms with van der Waals surface area (Å²) in [6.45, 7) is 7.10. The van der Waals surface area contributed by atoms with Crippen LogP contribution in [0.15, 0.2) is 24.4 Å². The van der Waals surface area contributed by atoms with Gasteiger partial charge in [0.1, 0.15) is 11.3 Å². The van der Waals surface area contributed by atoms with Crippen molar-refractivity contribution in [1.82, 2.24) is 24.6 Å². The number of likely N-dealkylation sites (tertiary alicyclic amines) is 1. The number of hydrogen-bond donors (Lipinski definition) is 1. The minimum atomic E-state index is -0.192. The molecule has 1 N–H and O–H groups in total. The number of halogens is 2. The van der Waals surface area contributed by atoms with Crippen LogP contribution in [0.25, 0.3) is 11.2 Å². The van der Waals surface area contributed by atoms with Gasteiger partial charge in [0.05, 0.1) is 18.8 Å². The molecule has 34 heavy (non-hydrogen) atoms. The van der Waals surface area contributed by atoms with E-state index < -0.39 is 0 Å². The third-order valence-corrected chi connectivity index (χ3v) is 7.73. The smallest absolute Gasteiger partial charge is 0.180 e. The molecular formula is C25H28Cl2N6O. The number of hydrogen-bond acceptors (Lipinski definition) is 6. The molecular weight excluding hydrogens is 471 g/mol. The normalized spacial score (nSPS) is 20.3. The number of aliphatic hydroxyl groups is 1. The fourth-order valence-corrected chi connectivity index (χ4v) is 5.78. The van der Waals surface area contributed by atoms with E-state index >= 15 is 0 Å². The predicted molar refractivity (Wildman–Crippen MR) is 135 cm³/mol. The van der Waals surface area contributed by atoms with E-state index in [2.05, 4.69) is 25.8 Å². The molecule has 2 atom stereocenters. The molecule has 0 aliphatic carbocycles. The molecule has 4 heterocycles. The number of β-amino-alcohol motifs (C(OH)–C–C–N with tert-alkyl or cyclic N) is 1. The molecule has 0 spiro atoms. The summed E-state index contributed by atoms with van der Waals surface area (Å²) in [6, 6.07) is 5.26. The molecule has 2 aliphatic rings. The lowest BCUT2D eigenvalue weighted by Gasteiger charge is -2.47. The summed E-state index contributed by atoms with van der Waals surface area (Å²) < 4.78 is 1.81. The molecule has 2 aliphatic heterocycles. The van der Waals surface area contributed by atoms with E-state index in [1.54, 1.807) is 16.9 Å². The number of rotatable bonds is 6. The number of aliphatic hydroxyl groups excluding tert-OH is 1. The zero-order valence-electron chi connectivity index (χ0n) is 19.2. The molecule has 9 heteroatoms. The van der Waals surface area contributed by atoms with Crippen LogP contribution in [0.1, 0.15) is 37.1 Å². The minimum Gasteiger partial charge on any atom is -0.395 e. The molecule has 2 saturated heterocycles. The lowest BCUT2D eigenvalue weighted by atomic mass is 9.80. The van der Waals surface area contributed by atoms with Gasteiger partial charge >= 0.3 is 0 Å². The van der Waals surface area contributed by atoms with Crippen molar-refractivity contribution in [2.75, 3.05) is 44.2 Å². The fraction of sp³-hybridized carbons (Fsp3) is 0.480. The van der Waals surface area contributed by atoms with Crippen molar-refractivity contribution in [3.05, 3.63) is 45.7 Å². The number of nitrogens with zero attached hydrogens (tertiary/aromatic N) is 6. The van der Waals surface area contributed by atoms with Crippen LogP contribution in [0, 0.1) is 24.2 Å². The monoisotopic (exact) mass is 498 g/mol. The van der Waals surface area contributed by atoms with E-state index in [1.807, 2.05) is 19.1 Å². The first-order valence-corrected chi connectivity index (χ1v) is 12.5. The molecule has 2 fully saturated rings. The standard InChI is InChI=1S/C25H28Cl2N6O/c1-3-22-24-25(33(30-22)16(2)20-7-6-19(26)11-21(20)27)29-23(12-28-24)32-14-18(15-32)17-5-4-8-31(13-17)9-10-34/h1,6-7,11-12,16-18,34H,4-5,8-10,13-15H2,2H3/t16-,17-/m0/s1. The number of benzene rings is 1. The Hall–Kier alpha value is -2.37. The summed E-state index contributed by atoms with van der Waals surface area (Å²) in [5.41, 5.74) is 2.63. The summed E-state index contributed by atoms with van der Waals surface area (Å²) in [6.07, 6.45) is 9.97. The van der Waals surface area contributed by atoms with E-state index in [-0.39, 0.29) is 12.6 Å². The average Bonchev–Trinajstić information content (AvgIpc) is 3.16. The van der Waals surface area contributed by atoms with Gasteiger partial charge in [-0.25, -0.2) is 14.6 Å². The molecule has 5 rings (SSSR count). The van der Waals surface area contributed by atoms with E-state index in [0.717, 1.165) is 44.1 Å². The predicted octanol–water partition coefficient (Wildman–Crippen LogP) is 3.86. The van der Waals surface area contributed by atoms with Gasteiger partial charge in [-0.3, -0.25) is 0 Å². The molecule has 0 saturated carbocycles. The van der Waals surface area contributed by atoms with Gasteiger partial charge in [0, 0.05) is 36.2 Å². The maximum atomic E-state index is 9.28. The molecule has 0 amide bonds. The molecule has 178 valence electrons. The van der Waals surface area contributed by atoms with Gasteiger partial charge in [-0.05, 0) is 61.8 Å². The Balaban J connectivity index is 1.38. The quantitative estimate of drug-likeness (QED) is 0.520. The maximum absolute atomic E-state index is 9.28. The zero-order chi connectivity index (χ0) is 23.8. The highest BCUT2D eigenvalue weighted by atomic mass is 35.5. The topological polar surface area (TPSA) is 70.3 Å². The Morgan fingerprint density at radius 1 is 1.24 bits per heavy atom. The van der Waals surface area contributed by atoms with Crippen molar-refractivity contribution < 1.29 is 5.11 Å². The summed E-state index contributed by atoms with van der Waals surface area (Å²) in [5.74, 6) is 4.78. The highest BCUT2D eigenvalue weighted by Gasteiger charge is 2.36. The number of piperidine rings is 1. The first-order chi connectivity index (χ1) is 16.5. The van der Waals surface area contributed by atoms with Crippen molar-refractivity contribution in [3.63, 3.8) is 0 Å². The molecule has 2 aromatic heterocycles. The number of terminal acetylenes is 1. The fourth-order valence-electron chi connectivity index (χ4n) is 5.21. The molecule has 7 nitrogen and oxygen atoms in total. The van der Waals surface area contributed by atoms with Crippen LogP contribution in [0.3, 0.4) is 0 Å². The minimum absolute atomic E-state index is 0.192. The molecule has 3 aromatic rings. The van der Waals surface area contributed by atoms with Gasteiger partial charge in [0.25, 0.3) is 0 Å². The van der Waals surface area contributed by atoms with Crippen molar-refractivity contribution in [2.24, 2.45) is 11.8 Å². The zero-order valence-corrected chi connectivity index (χ0v) is 20.7. The van der Waals surface area contributed by atoms with E-state index in [0.29, 0.717) is 38.7 Å². The van der Waals surface area contributed by atoms with Crippen LogP contribution in [0.5, 0.6) is 0 Å². The van der Waals surface area contributed by atoms with E-state index in [9.17, 15) is 5.11 Å². The molecule has 0 bridgehead atoms. The van der Waals surface area contributed by atoms with Gasteiger partial charge < -0.3 is 14.9 Å². The average molecular weight is 499 g/mol. The van der Waals surface area contributed by atoms with Gasteiger partial charge in [-0.1, -0.05) is 29.3 Å². The van der Waals surface area contributed by atoms with Crippen LogP contribution >= 0.6 is 23.2 Å². The Kier molecular flexibility index (Phi) is 6.67. The largest absolute Gasteiger partial charge is 0.395 e. The highest BCUT2D eigenvalue weighted by Crippen LogP contribution is 2.35. The van der Waals surface area contributed by atoms with Crippen LogP contribution in [0.2, 0.25) is 10.0 Å². The lowest BCUT2D eigenvalue weighted by Crippen LogP contribution is -2.54. The van der Waals surface area contributed by atoms with E-state index in [1.165, 1.54) is 12.8 Å². The summed E-state index contributed by atoms with van der Waals surface area (Å²) in [4.78, 5) is 14.2. The van der Waals surface area contributed by atoms with Crippen LogP contribution in [-0.2, 0) is 0 Å². The Morgan fingerprint density at radius 2 is 2.06 bits per heavy atom. The van der Waals surface area contributed by atoms with Crippen molar-refractivity contribution in [2.45, 2.75) is 25.8 Å². The third kappa shape index (κ3) is 4.36. The Labute approximate surface area is 209 Å². The summed E-state index contributed by atoms with van der Waals surface area (Å²) in [7, 11) is 0.